The first-order valence-electron chi connectivity index (χ1n) is 15.0. The SMILES string of the molecule is CCc1cc2cc(C(=C3CCN(CC(O)COc4ccc(OC)cc4)CC3)c3ccc4c(c3)OCCO4)ccc2[nH]c1=O. The summed E-state index contributed by atoms with van der Waals surface area (Å²) in [6.45, 7) is 5.53. The lowest BCUT2D eigenvalue weighted by Crippen LogP contribution is -2.39. The number of H-pyrrole nitrogens is 1. The Morgan fingerprint density at radius 2 is 1.63 bits per heavy atom. The lowest BCUT2D eigenvalue weighted by molar-refractivity contribution is 0.0656. The summed E-state index contributed by atoms with van der Waals surface area (Å²) in [5.41, 5.74) is 6.31. The second-order valence-electron chi connectivity index (χ2n) is 11.1. The summed E-state index contributed by atoms with van der Waals surface area (Å²) in [5, 5.41) is 11.7. The van der Waals surface area contributed by atoms with Crippen molar-refractivity contribution in [2.45, 2.75) is 32.3 Å². The van der Waals surface area contributed by atoms with Crippen molar-refractivity contribution in [3.8, 4) is 23.0 Å². The van der Waals surface area contributed by atoms with Crippen molar-refractivity contribution in [2.75, 3.05) is 46.6 Å². The smallest absolute Gasteiger partial charge is 0.251 e. The first-order valence-corrected chi connectivity index (χ1v) is 15.0. The van der Waals surface area contributed by atoms with Crippen LogP contribution in [0.2, 0.25) is 0 Å². The number of hydrogen-bond acceptors (Lipinski definition) is 7. The number of methoxy groups -OCH3 is 1. The maximum Gasteiger partial charge on any atom is 0.251 e. The molecule has 1 fully saturated rings. The summed E-state index contributed by atoms with van der Waals surface area (Å²) in [5.74, 6) is 3.00. The molecule has 1 atom stereocenters. The average molecular weight is 583 g/mol. The summed E-state index contributed by atoms with van der Waals surface area (Å²) in [6.07, 6.45) is 1.83. The van der Waals surface area contributed by atoms with Gasteiger partial charge >= 0.3 is 0 Å². The van der Waals surface area contributed by atoms with Crippen LogP contribution >= 0.6 is 0 Å². The fourth-order valence-corrected chi connectivity index (χ4v) is 5.91. The van der Waals surface area contributed by atoms with E-state index in [0.29, 0.717) is 31.9 Å². The van der Waals surface area contributed by atoms with E-state index < -0.39 is 6.10 Å². The highest BCUT2D eigenvalue weighted by Gasteiger charge is 2.23. The van der Waals surface area contributed by atoms with E-state index in [0.717, 1.165) is 70.8 Å². The van der Waals surface area contributed by atoms with E-state index >= 15 is 0 Å². The van der Waals surface area contributed by atoms with E-state index in [-0.39, 0.29) is 12.2 Å². The number of aryl methyl sites for hydroxylation is 1. The molecule has 4 aromatic rings. The van der Waals surface area contributed by atoms with Gasteiger partial charge in [-0.25, -0.2) is 0 Å². The third-order valence-electron chi connectivity index (χ3n) is 8.21. The molecule has 1 aromatic heterocycles. The second kappa shape index (κ2) is 12.9. The molecule has 2 N–H and O–H groups in total. The van der Waals surface area contributed by atoms with Crippen LogP contribution in [-0.2, 0) is 6.42 Å². The molecular weight excluding hydrogens is 544 g/mol. The van der Waals surface area contributed by atoms with Gasteiger partial charge in [-0.15, -0.1) is 0 Å². The van der Waals surface area contributed by atoms with Crippen molar-refractivity contribution >= 4 is 16.5 Å². The predicted octanol–water partition coefficient (Wildman–Crippen LogP) is 5.21. The summed E-state index contributed by atoms with van der Waals surface area (Å²) < 4.78 is 22.7. The van der Waals surface area contributed by atoms with Gasteiger partial charge in [0.2, 0.25) is 0 Å². The Balaban J connectivity index is 1.23. The Hall–Kier alpha value is -4.27. The summed E-state index contributed by atoms with van der Waals surface area (Å²) in [4.78, 5) is 17.7. The Kier molecular flexibility index (Phi) is 8.67. The molecule has 8 nitrogen and oxygen atoms in total. The number of β-amino-alcohol motifs (C(OH)–C–C–N with tert-alkyl or cyclic N) is 1. The number of aliphatic hydroxyl groups is 1. The van der Waals surface area contributed by atoms with Crippen LogP contribution in [0, 0.1) is 0 Å². The summed E-state index contributed by atoms with van der Waals surface area (Å²) in [7, 11) is 1.63. The highest BCUT2D eigenvalue weighted by molar-refractivity contribution is 5.89. The molecule has 1 saturated heterocycles. The van der Waals surface area contributed by atoms with Crippen molar-refractivity contribution in [2.24, 2.45) is 0 Å². The molecule has 0 spiro atoms. The Morgan fingerprint density at radius 3 is 2.37 bits per heavy atom. The first-order chi connectivity index (χ1) is 21.0. The average Bonchev–Trinajstić information content (AvgIpc) is 3.04. The normalized spacial score (nSPS) is 15.7. The standard InChI is InChI=1S/C35H38N2O6/c1-3-23-18-27-19-25(4-10-31(27)36-35(23)39)34(26-5-11-32-33(20-26)42-17-16-41-32)24-12-14-37(15-13-24)21-28(38)22-43-30-8-6-29(40-2)7-9-30/h4-11,18-20,28,38H,3,12-17,21-22H2,1-2H3,(H,36,39). The Bertz CT molecular complexity index is 1670. The lowest BCUT2D eigenvalue weighted by atomic mass is 9.87. The van der Waals surface area contributed by atoms with Crippen molar-refractivity contribution in [1.29, 1.82) is 0 Å². The molecule has 1 unspecified atom stereocenters. The number of nitrogens with zero attached hydrogens (tertiary/aromatic N) is 1. The molecule has 0 aliphatic carbocycles. The fraction of sp³-hybridized carbons (Fsp3) is 0.343. The third-order valence-corrected chi connectivity index (χ3v) is 8.21. The maximum atomic E-state index is 12.4. The predicted molar refractivity (Wildman–Crippen MR) is 168 cm³/mol. The van der Waals surface area contributed by atoms with Crippen LogP contribution in [0.4, 0.5) is 0 Å². The zero-order valence-electron chi connectivity index (χ0n) is 24.7. The van der Waals surface area contributed by atoms with Crippen molar-refractivity contribution in [1.82, 2.24) is 9.88 Å². The van der Waals surface area contributed by atoms with E-state index in [9.17, 15) is 9.90 Å². The van der Waals surface area contributed by atoms with E-state index in [1.165, 1.54) is 11.1 Å². The molecular formula is C35H38N2O6. The van der Waals surface area contributed by atoms with Crippen molar-refractivity contribution in [3.63, 3.8) is 0 Å². The molecule has 0 radical (unpaired) electrons. The molecule has 0 amide bonds. The molecule has 8 heteroatoms. The van der Waals surface area contributed by atoms with Crippen LogP contribution < -0.4 is 24.5 Å². The number of aliphatic hydroxyl groups excluding tert-OH is 1. The quantitative estimate of drug-likeness (QED) is 0.280. The highest BCUT2D eigenvalue weighted by atomic mass is 16.6. The monoisotopic (exact) mass is 582 g/mol. The van der Waals surface area contributed by atoms with Crippen LogP contribution in [0.1, 0.15) is 36.5 Å². The molecule has 43 heavy (non-hydrogen) atoms. The molecule has 3 aromatic carbocycles. The lowest BCUT2D eigenvalue weighted by Gasteiger charge is -2.31. The minimum atomic E-state index is -0.597. The number of fused-ring (bicyclic) bond motifs is 2. The minimum Gasteiger partial charge on any atom is -0.497 e. The maximum absolute atomic E-state index is 12.4. The van der Waals surface area contributed by atoms with Gasteiger partial charge < -0.3 is 29.0 Å². The number of aromatic amines is 1. The second-order valence-corrected chi connectivity index (χ2v) is 11.1. The Morgan fingerprint density at radius 1 is 0.930 bits per heavy atom. The zero-order valence-corrected chi connectivity index (χ0v) is 24.7. The van der Waals surface area contributed by atoms with Gasteiger partial charge in [-0.3, -0.25) is 9.69 Å². The molecule has 2 aliphatic rings. The van der Waals surface area contributed by atoms with Crippen molar-refractivity contribution < 1.29 is 24.1 Å². The topological polar surface area (TPSA) is 93.2 Å². The summed E-state index contributed by atoms with van der Waals surface area (Å²) in [6, 6.07) is 21.8. The number of hydrogen-bond donors (Lipinski definition) is 2. The molecule has 6 rings (SSSR count). The molecule has 224 valence electrons. The number of nitrogens with one attached hydrogen (secondary N) is 1. The molecule has 2 aliphatic heterocycles. The van der Waals surface area contributed by atoms with Gasteiger partial charge in [-0.05, 0) is 95.9 Å². The molecule has 3 heterocycles. The van der Waals surface area contributed by atoms with E-state index in [4.69, 9.17) is 18.9 Å². The number of ether oxygens (including phenoxy) is 4. The van der Waals surface area contributed by atoms with E-state index in [1.807, 2.05) is 49.4 Å². The Labute approximate surface area is 251 Å². The van der Waals surface area contributed by atoms with Gasteiger partial charge in [0.05, 0.1) is 7.11 Å². The number of aromatic nitrogens is 1. The van der Waals surface area contributed by atoms with Crippen molar-refractivity contribution in [3.05, 3.63) is 99.3 Å². The van der Waals surface area contributed by atoms with Crippen LogP contribution in [0.25, 0.3) is 16.5 Å². The van der Waals surface area contributed by atoms with E-state index in [1.54, 1.807) is 7.11 Å². The van der Waals surface area contributed by atoms with Gasteiger partial charge in [-0.1, -0.05) is 24.6 Å². The highest BCUT2D eigenvalue weighted by Crippen LogP contribution is 2.38. The zero-order chi connectivity index (χ0) is 29.8. The van der Waals surface area contributed by atoms with Crippen LogP contribution in [0.15, 0.2) is 77.1 Å². The first kappa shape index (κ1) is 28.8. The number of rotatable bonds is 9. The number of piperidine rings is 1. The third kappa shape index (κ3) is 6.55. The number of pyridine rings is 1. The number of benzene rings is 3. The largest absolute Gasteiger partial charge is 0.497 e. The van der Waals surface area contributed by atoms with Crippen LogP contribution in [-0.4, -0.2) is 67.7 Å². The molecule has 0 saturated carbocycles. The minimum absolute atomic E-state index is 0.0304. The van der Waals surface area contributed by atoms with Gasteiger partial charge in [0.15, 0.2) is 11.5 Å². The van der Waals surface area contributed by atoms with Gasteiger partial charge in [0.25, 0.3) is 5.56 Å². The fourth-order valence-electron chi connectivity index (χ4n) is 5.91. The molecule has 0 bridgehead atoms. The summed E-state index contributed by atoms with van der Waals surface area (Å²) >= 11 is 0. The van der Waals surface area contributed by atoms with E-state index in [2.05, 4.69) is 34.1 Å². The van der Waals surface area contributed by atoms with Gasteiger partial charge in [0, 0.05) is 30.7 Å². The van der Waals surface area contributed by atoms with Gasteiger partial charge in [-0.2, -0.15) is 0 Å². The van der Waals surface area contributed by atoms with Crippen LogP contribution in [0.5, 0.6) is 23.0 Å². The number of likely N-dealkylation sites (tertiary alicyclic amines) is 1. The van der Waals surface area contributed by atoms with Gasteiger partial charge in [0.1, 0.15) is 37.4 Å². The van der Waals surface area contributed by atoms with Crippen LogP contribution in [0.3, 0.4) is 0 Å².